The molecule has 0 bridgehead atoms. The number of hydrogen-bond acceptors (Lipinski definition) is 2. The number of rotatable bonds is 3. The van der Waals surface area contributed by atoms with E-state index in [2.05, 4.69) is 26.1 Å². The first-order valence-corrected chi connectivity index (χ1v) is 6.06. The molecule has 1 amide bonds. The summed E-state index contributed by atoms with van der Waals surface area (Å²) in [5, 5.41) is 12.9. The number of phenolic OH excluding ortho intramolecular Hbond substituents is 1. The van der Waals surface area contributed by atoms with E-state index in [1.165, 1.54) is 6.92 Å². The molecule has 1 rings (SSSR count). The van der Waals surface area contributed by atoms with Gasteiger partial charge in [0.1, 0.15) is 5.75 Å². The molecule has 2 N–H and O–H groups in total. The van der Waals surface area contributed by atoms with Crippen LogP contribution in [0.2, 0.25) is 0 Å². The highest BCUT2D eigenvalue weighted by Gasteiger charge is 2.18. The highest BCUT2D eigenvalue weighted by molar-refractivity contribution is 5.73. The Hall–Kier alpha value is -1.77. The van der Waals surface area contributed by atoms with Crippen molar-refractivity contribution in [3.63, 3.8) is 0 Å². The number of hydrogen-bond donors (Lipinski definition) is 2. The molecule has 98 valence electrons. The monoisotopic (exact) mass is 247 g/mol. The molecular weight excluding hydrogens is 226 g/mol. The van der Waals surface area contributed by atoms with Gasteiger partial charge in [0.25, 0.3) is 0 Å². The fourth-order valence-electron chi connectivity index (χ4n) is 1.69. The Labute approximate surface area is 109 Å². The lowest BCUT2D eigenvalue weighted by Gasteiger charge is -2.21. The molecule has 0 atom stereocenters. The molecule has 0 aliphatic heterocycles. The first-order valence-electron chi connectivity index (χ1n) is 6.06. The number of amides is 1. The lowest BCUT2D eigenvalue weighted by atomic mass is 9.85. The van der Waals surface area contributed by atoms with Crippen molar-refractivity contribution in [1.82, 2.24) is 5.32 Å². The van der Waals surface area contributed by atoms with E-state index in [1.807, 2.05) is 30.4 Å². The van der Waals surface area contributed by atoms with Gasteiger partial charge in [0.15, 0.2) is 0 Å². The number of carbonyl (C=O) groups excluding carboxylic acids is 1. The van der Waals surface area contributed by atoms with Crippen molar-refractivity contribution in [2.45, 2.75) is 33.1 Å². The zero-order chi connectivity index (χ0) is 13.8. The van der Waals surface area contributed by atoms with Gasteiger partial charge in [-0.1, -0.05) is 51.1 Å². The Balaban J connectivity index is 2.88. The molecule has 0 spiro atoms. The van der Waals surface area contributed by atoms with Crippen LogP contribution in [0.4, 0.5) is 0 Å². The normalized spacial score (nSPS) is 11.8. The quantitative estimate of drug-likeness (QED) is 0.863. The van der Waals surface area contributed by atoms with Gasteiger partial charge in [0.05, 0.1) is 0 Å². The Morgan fingerprint density at radius 1 is 1.39 bits per heavy atom. The summed E-state index contributed by atoms with van der Waals surface area (Å²) in [7, 11) is 0. The summed E-state index contributed by atoms with van der Waals surface area (Å²) in [6, 6.07) is 5.72. The molecule has 1 aromatic rings. The third-order valence-corrected chi connectivity index (χ3v) is 2.64. The second-order valence-corrected chi connectivity index (χ2v) is 5.33. The topological polar surface area (TPSA) is 49.3 Å². The molecule has 0 aromatic heterocycles. The van der Waals surface area contributed by atoms with Crippen LogP contribution in [0.25, 0.3) is 6.08 Å². The molecule has 3 nitrogen and oxygen atoms in total. The molecule has 1 aromatic carbocycles. The van der Waals surface area contributed by atoms with E-state index in [4.69, 9.17) is 0 Å². The summed E-state index contributed by atoms with van der Waals surface area (Å²) in [6.07, 6.45) is 3.64. The largest absolute Gasteiger partial charge is 0.507 e. The summed E-state index contributed by atoms with van der Waals surface area (Å²) in [6.45, 7) is 8.13. The summed E-state index contributed by atoms with van der Waals surface area (Å²) in [4.78, 5) is 10.7. The Bertz CT molecular complexity index is 456. The molecule has 3 heteroatoms. The second-order valence-electron chi connectivity index (χ2n) is 5.33. The number of nitrogens with one attached hydrogen (secondary N) is 1. The van der Waals surface area contributed by atoms with E-state index < -0.39 is 0 Å². The van der Waals surface area contributed by atoms with Crippen molar-refractivity contribution in [2.75, 3.05) is 6.54 Å². The van der Waals surface area contributed by atoms with E-state index in [-0.39, 0.29) is 11.3 Å². The van der Waals surface area contributed by atoms with E-state index in [1.54, 1.807) is 0 Å². The van der Waals surface area contributed by atoms with Gasteiger partial charge in [-0.3, -0.25) is 4.79 Å². The first-order chi connectivity index (χ1) is 8.32. The average molecular weight is 247 g/mol. The van der Waals surface area contributed by atoms with Gasteiger partial charge >= 0.3 is 0 Å². The summed E-state index contributed by atoms with van der Waals surface area (Å²) >= 11 is 0. The van der Waals surface area contributed by atoms with Crippen LogP contribution in [-0.2, 0) is 10.2 Å². The summed E-state index contributed by atoms with van der Waals surface area (Å²) in [5.41, 5.74) is 1.60. The van der Waals surface area contributed by atoms with Crippen LogP contribution in [0.5, 0.6) is 5.75 Å². The minimum atomic E-state index is -0.0917. The number of benzene rings is 1. The van der Waals surface area contributed by atoms with Crippen LogP contribution in [0, 0.1) is 0 Å². The molecule has 18 heavy (non-hydrogen) atoms. The van der Waals surface area contributed by atoms with Crippen LogP contribution < -0.4 is 5.32 Å². The maximum Gasteiger partial charge on any atom is 0.217 e. The fourth-order valence-corrected chi connectivity index (χ4v) is 1.69. The van der Waals surface area contributed by atoms with Gasteiger partial charge in [0.2, 0.25) is 5.91 Å². The van der Waals surface area contributed by atoms with E-state index >= 15 is 0 Å². The Kier molecular flexibility index (Phi) is 4.54. The summed E-state index contributed by atoms with van der Waals surface area (Å²) < 4.78 is 0. The van der Waals surface area contributed by atoms with Crippen molar-refractivity contribution in [3.05, 3.63) is 35.4 Å². The standard InChI is InChI=1S/C15H21NO2/c1-11(17)16-10-6-8-12-7-5-9-13(14(12)18)15(2,3)4/h5-9,18H,10H2,1-4H3,(H,16,17). The number of para-hydroxylation sites is 1. The molecule has 0 radical (unpaired) electrons. The van der Waals surface area contributed by atoms with E-state index in [9.17, 15) is 9.90 Å². The SMILES string of the molecule is CC(=O)NCC=Cc1cccc(C(C)(C)C)c1O. The van der Waals surface area contributed by atoms with Crippen molar-refractivity contribution in [2.24, 2.45) is 0 Å². The number of aromatic hydroxyl groups is 1. The zero-order valence-corrected chi connectivity index (χ0v) is 11.4. The highest BCUT2D eigenvalue weighted by Crippen LogP contribution is 2.33. The predicted octanol–water partition coefficient (Wildman–Crippen LogP) is 2.84. The van der Waals surface area contributed by atoms with Gasteiger partial charge in [-0.25, -0.2) is 0 Å². The van der Waals surface area contributed by atoms with Crippen LogP contribution in [0.1, 0.15) is 38.8 Å². The van der Waals surface area contributed by atoms with Crippen molar-refractivity contribution >= 4 is 12.0 Å². The lowest BCUT2D eigenvalue weighted by Crippen LogP contribution is -2.19. The first kappa shape index (κ1) is 14.3. The van der Waals surface area contributed by atoms with Gasteiger partial charge in [-0.2, -0.15) is 0 Å². The second kappa shape index (κ2) is 5.71. The third kappa shape index (κ3) is 3.91. The van der Waals surface area contributed by atoms with E-state index in [0.717, 1.165) is 11.1 Å². The van der Waals surface area contributed by atoms with Crippen LogP contribution in [-0.4, -0.2) is 17.6 Å². The lowest BCUT2D eigenvalue weighted by molar-refractivity contribution is -0.118. The van der Waals surface area contributed by atoms with Gasteiger partial charge in [-0.05, 0) is 11.0 Å². The zero-order valence-electron chi connectivity index (χ0n) is 11.4. The minimum Gasteiger partial charge on any atom is -0.507 e. The van der Waals surface area contributed by atoms with Gasteiger partial charge in [0, 0.05) is 19.0 Å². The van der Waals surface area contributed by atoms with E-state index in [0.29, 0.717) is 12.3 Å². The average Bonchev–Trinajstić information content (AvgIpc) is 2.24. The highest BCUT2D eigenvalue weighted by atomic mass is 16.3. The Morgan fingerprint density at radius 2 is 2.06 bits per heavy atom. The number of phenols is 1. The molecule has 0 aliphatic rings. The molecule has 0 unspecified atom stereocenters. The third-order valence-electron chi connectivity index (χ3n) is 2.64. The van der Waals surface area contributed by atoms with Crippen molar-refractivity contribution in [1.29, 1.82) is 0 Å². The van der Waals surface area contributed by atoms with Crippen LogP contribution >= 0.6 is 0 Å². The molecular formula is C15H21NO2. The maximum absolute atomic E-state index is 10.7. The molecule has 0 saturated carbocycles. The smallest absolute Gasteiger partial charge is 0.217 e. The van der Waals surface area contributed by atoms with Crippen molar-refractivity contribution < 1.29 is 9.90 Å². The predicted molar refractivity (Wildman–Crippen MR) is 74.5 cm³/mol. The summed E-state index contributed by atoms with van der Waals surface area (Å²) in [5.74, 6) is 0.247. The Morgan fingerprint density at radius 3 is 2.61 bits per heavy atom. The number of carbonyl (C=O) groups is 1. The van der Waals surface area contributed by atoms with Crippen LogP contribution in [0.15, 0.2) is 24.3 Å². The maximum atomic E-state index is 10.7. The fraction of sp³-hybridized carbons (Fsp3) is 0.400. The molecule has 0 saturated heterocycles. The molecule has 0 aliphatic carbocycles. The van der Waals surface area contributed by atoms with Crippen LogP contribution in [0.3, 0.4) is 0 Å². The van der Waals surface area contributed by atoms with Gasteiger partial charge < -0.3 is 10.4 Å². The molecule has 0 heterocycles. The van der Waals surface area contributed by atoms with Gasteiger partial charge in [-0.15, -0.1) is 0 Å². The molecule has 0 fully saturated rings. The van der Waals surface area contributed by atoms with Crippen molar-refractivity contribution in [3.8, 4) is 5.75 Å². The minimum absolute atomic E-state index is 0.0627.